The average Bonchev–Trinajstić information content (AvgIpc) is 3.87. The van der Waals surface area contributed by atoms with Gasteiger partial charge in [0.15, 0.2) is 0 Å². The molecule has 4 heteroatoms. The Morgan fingerprint density at radius 1 is 0.613 bits per heavy atom. The number of anilines is 1. The molecule has 6 aromatic carbocycles. The van der Waals surface area contributed by atoms with Crippen LogP contribution in [0.2, 0.25) is 0 Å². The molecule has 0 radical (unpaired) electrons. The lowest BCUT2D eigenvalue weighted by atomic mass is 9.88. The molecule has 3 atom stereocenters. The Morgan fingerprint density at radius 3 is 2.19 bits per heavy atom. The maximum atomic E-state index is 5.25. The summed E-state index contributed by atoms with van der Waals surface area (Å²) in [4.78, 5) is 7.86. The van der Waals surface area contributed by atoms with Gasteiger partial charge in [0.05, 0.1) is 22.8 Å². The van der Waals surface area contributed by atoms with Crippen LogP contribution in [0.15, 0.2) is 217 Å². The standard InChI is InChI=1S/C58H46N4/c1-5-15-39(16-6-1)43-27-32-56-50(35-43)51-37-45(44-28-33-55-49(36-44)48-23-13-14-24-54(48)61(55)46-21-11-4-12-22-46)29-34-57(51)62(56)47-30-25-41(26-31-47)53-38-52(40-17-7-2-8-18-40)59-58(60-53)42-19-9-3-10-20-42/h1-11,13-15,17-21,23-32,34-39,55,58-59H,12,16,22,33H2. The number of aromatic nitrogens is 1. The highest BCUT2D eigenvalue weighted by Crippen LogP contribution is 2.48. The van der Waals surface area contributed by atoms with E-state index >= 15 is 0 Å². The molecular formula is C58H46N4. The van der Waals surface area contributed by atoms with Gasteiger partial charge in [0.2, 0.25) is 0 Å². The van der Waals surface area contributed by atoms with Gasteiger partial charge in [0.25, 0.3) is 0 Å². The van der Waals surface area contributed by atoms with Gasteiger partial charge in [0, 0.05) is 45.0 Å². The zero-order valence-corrected chi connectivity index (χ0v) is 34.5. The van der Waals surface area contributed by atoms with Crippen LogP contribution in [0.5, 0.6) is 0 Å². The van der Waals surface area contributed by atoms with E-state index in [1.165, 1.54) is 61.0 Å². The summed E-state index contributed by atoms with van der Waals surface area (Å²) >= 11 is 0. The number of aliphatic imine (C=N–C) groups is 1. The molecule has 1 aromatic heterocycles. The smallest absolute Gasteiger partial charge is 0.145 e. The Balaban J connectivity index is 0.945. The quantitative estimate of drug-likeness (QED) is 0.174. The Morgan fingerprint density at radius 2 is 1.39 bits per heavy atom. The van der Waals surface area contributed by atoms with Gasteiger partial charge in [-0.2, -0.15) is 0 Å². The molecule has 3 unspecified atom stereocenters. The van der Waals surface area contributed by atoms with Crippen molar-refractivity contribution in [2.75, 3.05) is 4.90 Å². The molecule has 0 amide bonds. The Hall–Kier alpha value is -7.43. The lowest BCUT2D eigenvalue weighted by Gasteiger charge is -2.32. The van der Waals surface area contributed by atoms with Crippen molar-refractivity contribution >= 4 is 50.0 Å². The average molecular weight is 799 g/mol. The van der Waals surface area contributed by atoms with Gasteiger partial charge in [0.1, 0.15) is 6.17 Å². The molecule has 298 valence electrons. The molecule has 0 saturated heterocycles. The molecule has 3 heterocycles. The number of nitrogens with one attached hydrogen (secondary N) is 1. The van der Waals surface area contributed by atoms with Crippen LogP contribution in [0.25, 0.3) is 44.3 Å². The van der Waals surface area contributed by atoms with E-state index < -0.39 is 0 Å². The Bertz CT molecular complexity index is 3150. The lowest BCUT2D eigenvalue weighted by Crippen LogP contribution is -2.31. The fourth-order valence-corrected chi connectivity index (χ4v) is 10.2. The van der Waals surface area contributed by atoms with Crippen molar-refractivity contribution in [3.8, 4) is 5.69 Å². The molecular weight excluding hydrogens is 753 g/mol. The number of allylic oxidation sites excluding steroid dienone is 11. The van der Waals surface area contributed by atoms with Gasteiger partial charge in [-0.05, 0) is 125 Å². The zero-order valence-electron chi connectivity index (χ0n) is 34.5. The first-order valence-electron chi connectivity index (χ1n) is 22.1. The molecule has 0 fully saturated rings. The van der Waals surface area contributed by atoms with Gasteiger partial charge in [-0.25, -0.2) is 0 Å². The zero-order chi connectivity index (χ0) is 41.0. The predicted octanol–water partition coefficient (Wildman–Crippen LogP) is 13.8. The highest BCUT2D eigenvalue weighted by Gasteiger charge is 2.36. The minimum atomic E-state index is -0.184. The first kappa shape index (κ1) is 36.4. The Labute approximate surface area is 363 Å². The summed E-state index contributed by atoms with van der Waals surface area (Å²) in [5.74, 6) is 0.368. The maximum absolute atomic E-state index is 5.25. The van der Waals surface area contributed by atoms with Crippen molar-refractivity contribution in [2.45, 2.75) is 43.8 Å². The van der Waals surface area contributed by atoms with Gasteiger partial charge in [-0.15, -0.1) is 0 Å². The third-order valence-electron chi connectivity index (χ3n) is 13.3. The fraction of sp³-hybridized carbons (Fsp3) is 0.121. The fourth-order valence-electron chi connectivity index (χ4n) is 10.2. The Kier molecular flexibility index (Phi) is 8.95. The second kappa shape index (κ2) is 15.2. The van der Waals surface area contributed by atoms with Crippen molar-refractivity contribution in [1.29, 1.82) is 0 Å². The monoisotopic (exact) mass is 798 g/mol. The van der Waals surface area contributed by atoms with E-state index in [-0.39, 0.29) is 6.17 Å². The van der Waals surface area contributed by atoms with Crippen LogP contribution in [0.3, 0.4) is 0 Å². The summed E-state index contributed by atoms with van der Waals surface area (Å²) in [7, 11) is 0. The molecule has 62 heavy (non-hydrogen) atoms. The molecule has 0 bridgehead atoms. The molecule has 3 aliphatic carbocycles. The number of hydrogen-bond acceptors (Lipinski definition) is 3. The highest BCUT2D eigenvalue weighted by atomic mass is 15.2. The van der Waals surface area contributed by atoms with Crippen molar-refractivity contribution < 1.29 is 0 Å². The third-order valence-corrected chi connectivity index (χ3v) is 13.3. The van der Waals surface area contributed by atoms with E-state index in [4.69, 9.17) is 4.99 Å². The summed E-state index contributed by atoms with van der Waals surface area (Å²) in [5, 5.41) is 6.25. The predicted molar refractivity (Wildman–Crippen MR) is 259 cm³/mol. The number of benzene rings is 6. The summed E-state index contributed by atoms with van der Waals surface area (Å²) < 4.78 is 2.45. The minimum Gasteiger partial charge on any atom is -0.360 e. The molecule has 2 aliphatic heterocycles. The largest absolute Gasteiger partial charge is 0.360 e. The molecule has 7 aromatic rings. The maximum Gasteiger partial charge on any atom is 0.145 e. The van der Waals surface area contributed by atoms with Crippen LogP contribution in [-0.4, -0.2) is 16.3 Å². The van der Waals surface area contributed by atoms with Gasteiger partial charge in [-0.1, -0.05) is 146 Å². The van der Waals surface area contributed by atoms with E-state index in [9.17, 15) is 0 Å². The number of nitrogens with zero attached hydrogens (tertiary/aromatic N) is 3. The molecule has 0 saturated carbocycles. The second-order valence-corrected chi connectivity index (χ2v) is 17.0. The van der Waals surface area contributed by atoms with E-state index in [0.29, 0.717) is 12.0 Å². The van der Waals surface area contributed by atoms with E-state index in [2.05, 4.69) is 221 Å². The van der Waals surface area contributed by atoms with Crippen LogP contribution in [0.4, 0.5) is 5.69 Å². The van der Waals surface area contributed by atoms with Crippen LogP contribution in [0.1, 0.15) is 71.1 Å². The normalized spacial score (nSPS) is 20.2. The van der Waals surface area contributed by atoms with Crippen molar-refractivity contribution in [2.24, 2.45) is 4.99 Å². The van der Waals surface area contributed by atoms with Crippen molar-refractivity contribution in [3.05, 3.63) is 245 Å². The SMILES string of the molecule is C1=CCCC(N2c3ccccc3C3=CC(c4ccc5c(c4)c4cc(C6C=CC=CC6)ccc4n5-c4ccc(C5=NC(c6ccccc6)NC(c6ccccc6)=C5)cc4)=CCC32)=C1. The summed E-state index contributed by atoms with van der Waals surface area (Å²) in [5.41, 5.74) is 18.4. The van der Waals surface area contributed by atoms with E-state index in [0.717, 1.165) is 59.5 Å². The minimum absolute atomic E-state index is 0.184. The first-order chi connectivity index (χ1) is 30.7. The number of para-hydroxylation sites is 1. The van der Waals surface area contributed by atoms with Crippen LogP contribution in [-0.2, 0) is 0 Å². The lowest BCUT2D eigenvalue weighted by molar-refractivity contribution is 0.664. The van der Waals surface area contributed by atoms with Crippen molar-refractivity contribution in [3.63, 3.8) is 0 Å². The van der Waals surface area contributed by atoms with E-state index in [1.807, 2.05) is 0 Å². The molecule has 4 nitrogen and oxygen atoms in total. The second-order valence-electron chi connectivity index (χ2n) is 17.0. The topological polar surface area (TPSA) is 32.6 Å². The number of fused-ring (bicyclic) bond motifs is 6. The molecule has 12 rings (SSSR count). The number of hydrogen-bond donors (Lipinski definition) is 1. The summed E-state index contributed by atoms with van der Waals surface area (Å²) in [6.45, 7) is 0. The van der Waals surface area contributed by atoms with Gasteiger partial charge < -0.3 is 14.8 Å². The van der Waals surface area contributed by atoms with Crippen LogP contribution < -0.4 is 10.2 Å². The molecule has 0 spiro atoms. The van der Waals surface area contributed by atoms with Crippen molar-refractivity contribution in [1.82, 2.24) is 9.88 Å². The van der Waals surface area contributed by atoms with Gasteiger partial charge in [-0.3, -0.25) is 4.99 Å². The van der Waals surface area contributed by atoms with Gasteiger partial charge >= 0.3 is 0 Å². The summed E-state index contributed by atoms with van der Waals surface area (Å²) in [6, 6.07) is 53.6. The third kappa shape index (κ3) is 6.33. The van der Waals surface area contributed by atoms with Crippen LogP contribution in [0, 0.1) is 0 Å². The molecule has 5 aliphatic rings. The first-order valence-corrected chi connectivity index (χ1v) is 22.1. The summed E-state index contributed by atoms with van der Waals surface area (Å²) in [6.07, 6.45) is 26.9. The highest BCUT2D eigenvalue weighted by molar-refractivity contribution is 6.14. The van der Waals surface area contributed by atoms with E-state index in [1.54, 1.807) is 0 Å². The number of rotatable bonds is 7. The molecule has 1 N–H and O–H groups in total. The van der Waals surface area contributed by atoms with Crippen LogP contribution >= 0.6 is 0 Å².